The molecule has 4 atom stereocenters. The van der Waals surface area contributed by atoms with Gasteiger partial charge in [-0.05, 0) is 226 Å². The van der Waals surface area contributed by atoms with E-state index in [-0.39, 0.29) is 98.8 Å². The number of rotatable bonds is 46. The summed E-state index contributed by atoms with van der Waals surface area (Å²) < 4.78 is 86.6. The van der Waals surface area contributed by atoms with Gasteiger partial charge in [0.05, 0.1) is 41.9 Å². The van der Waals surface area contributed by atoms with Gasteiger partial charge in [0.15, 0.2) is 28.8 Å². The maximum atomic E-state index is 13.7. The summed E-state index contributed by atoms with van der Waals surface area (Å²) in [4.78, 5) is 106. The fraction of sp³-hybridized carbons (Fsp3) is 0.291. The van der Waals surface area contributed by atoms with Crippen molar-refractivity contribution < 1.29 is 94.6 Å². The number of ether oxygens (including phenoxy) is 2. The summed E-state index contributed by atoms with van der Waals surface area (Å²) in [5, 5.41) is 44.3. The Morgan fingerprint density at radius 1 is 0.438 bits per heavy atom. The highest BCUT2D eigenvalue weighted by Gasteiger charge is 2.31. The van der Waals surface area contributed by atoms with Gasteiger partial charge in [0.2, 0.25) is 5.89 Å². The molecule has 2 amide bonds. The summed E-state index contributed by atoms with van der Waals surface area (Å²) in [7, 11) is 2.02. The van der Waals surface area contributed by atoms with Crippen LogP contribution in [-0.4, -0.2) is 125 Å². The summed E-state index contributed by atoms with van der Waals surface area (Å²) in [5.41, 5.74) is 15.8. The number of halogens is 7. The monoisotopic (exact) mass is 2040 g/mol. The minimum Gasteiger partial charge on any atom is -0.494 e. The van der Waals surface area contributed by atoms with E-state index in [1.165, 1.54) is 46.3 Å². The van der Waals surface area contributed by atoms with Crippen LogP contribution < -0.4 is 20.1 Å². The van der Waals surface area contributed by atoms with Crippen LogP contribution in [0.4, 0.5) is 22.0 Å². The maximum Gasteiger partial charge on any atom is 0.389 e. The number of nitrogens with one attached hydrogen (secondary N) is 2. The first-order valence-corrected chi connectivity index (χ1v) is 50.8. The highest BCUT2D eigenvalue weighted by atomic mass is 35.5. The molecular formula is C117H117Cl2F5N6O15S. The second-order valence-electron chi connectivity index (χ2n) is 35.5. The maximum absolute atomic E-state index is 13.7. The molecule has 760 valence electrons. The second-order valence-corrected chi connectivity index (χ2v) is 37.7. The molecule has 4 unspecified atom stereocenters. The molecule has 0 saturated heterocycles. The number of carbonyl (C=O) groups excluding carboxylic acids is 4. The average Bonchev–Trinajstić information content (AvgIpc) is 1.64. The number of aryl methyl sites for hydroxylation is 1. The minimum atomic E-state index is -4.37. The molecule has 3 aromatic heterocycles. The van der Waals surface area contributed by atoms with E-state index in [1.54, 1.807) is 48.5 Å². The summed E-state index contributed by atoms with van der Waals surface area (Å²) >= 11 is 14.2. The number of hydrogen-bond acceptors (Lipinski definition) is 15. The Kier molecular flexibility index (Phi) is 41.2. The Bertz CT molecular complexity index is 6990. The number of benzene rings is 12. The molecule has 0 spiro atoms. The summed E-state index contributed by atoms with van der Waals surface area (Å²) in [6.45, 7) is 9.75. The number of carbonyl (C=O) groups is 8. The number of Topliss-reactive ketones (excluding diaryl/α,β-unsaturated/α-hetero) is 2. The Hall–Kier alpha value is -14.4. The number of hydrogen-bond donors (Lipinski definition) is 6. The van der Waals surface area contributed by atoms with Gasteiger partial charge in [-0.2, -0.15) is 24.9 Å². The standard InChI is InChI=1S/C30H30Cl2N2O4.C30H37NO4S.C29H23F5N2O3.C28H27NO4/c1-3-5-24(19-8-10-20(11-9-19)28(35)6-4-7-29(36)37)30-33-26-17-23(14-15-27(26)34(30)2)38-18-21-12-13-22(31)16-25(21)32;1-3-5-18-35-27-15-14-24-20-26(13-12-25(24)21-27)28(7-6-19-36-4-2)22-8-10-23(11-9-22)30(34)31-17-16-29(32)33;30-24-8-7-19(14-25(24)31)20-5-6-21-13-22(16-36-26(21)15-20)23(9-11-29(32,33)34)17-1-3-18(4-2-17)28(39)35-12-10-27(37)38;1-2-7-23(20-12-14-21(15-13-20)25(30)10-6-11-27(31)32)28-29-24-18-22(16-17-26(24)33-28)19-8-4-3-5-9-19/h8-17,24H,3-7,18H2,1-2H3,(H,36,37);8-15,20-21,28H,3-7,16-19H2,1-2H3,(H,31,34)(H,32,33);1-8,13-16,23H,9-12H2,(H,35,39)(H,37,38);3-5,8-9,12-18,23H,2,6-7,10-11H2,1H3,(H,31,32). The SMILES string of the molecule is CCCC(c1ccc(C(=O)CCCC(=O)O)cc1)c1nc2cc(-c3ccccc3)ccc2o1.CCCC(c1ccc(C(=O)CCCC(=O)O)cc1)c1nc2cc(OCc3ccc(Cl)cc3Cl)ccc2n1C.CCCCOc1ccc2cc(C(CCCSCC)c3ccc(C(=O)NCCC(=O)O)cc3)ccc2c1.O=C(O)CCNC(=O)c1ccc(C(CCC(F)(F)F)c2cnc3cc(-c4ccc(F)c(F)c4)ccc3c2)cc1. The van der Waals surface area contributed by atoms with Crippen LogP contribution in [0.3, 0.4) is 0 Å². The van der Waals surface area contributed by atoms with Crippen LogP contribution in [0.2, 0.25) is 10.0 Å². The van der Waals surface area contributed by atoms with Gasteiger partial charge < -0.3 is 49.5 Å². The zero-order valence-electron chi connectivity index (χ0n) is 81.8. The number of thioether (sulfide) groups is 1. The normalized spacial score (nSPS) is 12.1. The van der Waals surface area contributed by atoms with Gasteiger partial charge in [-0.25, -0.2) is 18.7 Å². The number of aliphatic carboxylic acids is 4. The molecule has 15 aromatic rings. The first-order chi connectivity index (χ1) is 70.3. The second kappa shape index (κ2) is 54.5. The summed E-state index contributed by atoms with van der Waals surface area (Å²) in [6, 6.07) is 79.8. The van der Waals surface area contributed by atoms with Crippen molar-refractivity contribution in [3.63, 3.8) is 0 Å². The number of amides is 2. The largest absolute Gasteiger partial charge is 0.494 e. The van der Waals surface area contributed by atoms with Gasteiger partial charge in [0.1, 0.15) is 29.4 Å². The van der Waals surface area contributed by atoms with Gasteiger partial charge >= 0.3 is 30.1 Å². The van der Waals surface area contributed by atoms with E-state index in [9.17, 15) is 60.3 Å². The number of fused-ring (bicyclic) bond motifs is 4. The first-order valence-electron chi connectivity index (χ1n) is 48.9. The molecule has 21 nitrogen and oxygen atoms in total. The van der Waals surface area contributed by atoms with Crippen LogP contribution in [0.5, 0.6) is 11.5 Å². The van der Waals surface area contributed by atoms with Gasteiger partial charge in [0.25, 0.3) is 11.8 Å². The van der Waals surface area contributed by atoms with E-state index in [0.29, 0.717) is 91.0 Å². The van der Waals surface area contributed by atoms with Crippen molar-refractivity contribution in [2.75, 3.05) is 31.2 Å². The highest BCUT2D eigenvalue weighted by Crippen LogP contribution is 2.41. The number of nitrogens with zero attached hydrogens (tertiary/aromatic N) is 4. The number of alkyl halides is 3. The molecular weight excluding hydrogens is 1930 g/mol. The van der Waals surface area contributed by atoms with E-state index in [2.05, 4.69) is 96.4 Å². The van der Waals surface area contributed by atoms with Crippen LogP contribution in [-0.2, 0) is 32.8 Å². The molecule has 0 aliphatic heterocycles. The van der Waals surface area contributed by atoms with Crippen molar-refractivity contribution in [3.8, 4) is 33.8 Å². The van der Waals surface area contributed by atoms with Crippen LogP contribution in [0.15, 0.2) is 271 Å². The Morgan fingerprint density at radius 3 is 1.53 bits per heavy atom. The third kappa shape index (κ3) is 32.3. The third-order valence-corrected chi connectivity index (χ3v) is 26.5. The number of oxazole rings is 1. The average molecular weight is 2050 g/mol. The molecule has 3 heterocycles. The lowest BCUT2D eigenvalue weighted by Crippen LogP contribution is -2.25. The lowest BCUT2D eigenvalue weighted by molar-refractivity contribution is -0.138. The van der Waals surface area contributed by atoms with E-state index in [1.807, 2.05) is 152 Å². The number of aromatic nitrogens is 4. The molecule has 29 heteroatoms. The molecule has 0 radical (unpaired) electrons. The van der Waals surface area contributed by atoms with Crippen molar-refractivity contribution in [1.82, 2.24) is 30.2 Å². The van der Waals surface area contributed by atoms with E-state index >= 15 is 0 Å². The number of carboxylic acid groups (broad SMARTS) is 4. The topological polar surface area (TPSA) is 317 Å². The van der Waals surface area contributed by atoms with Gasteiger partial charge in [-0.3, -0.25) is 43.3 Å². The highest BCUT2D eigenvalue weighted by molar-refractivity contribution is 7.99. The molecule has 0 aliphatic rings. The van der Waals surface area contributed by atoms with Crippen LogP contribution in [0.1, 0.15) is 259 Å². The van der Waals surface area contributed by atoms with Crippen molar-refractivity contribution in [2.45, 2.75) is 180 Å². The smallest absolute Gasteiger partial charge is 0.389 e. The molecule has 12 aromatic carbocycles. The fourth-order valence-corrected chi connectivity index (χ4v) is 18.2. The van der Waals surface area contributed by atoms with Crippen molar-refractivity contribution in [2.24, 2.45) is 7.05 Å². The van der Waals surface area contributed by atoms with Crippen molar-refractivity contribution in [3.05, 3.63) is 362 Å². The van der Waals surface area contributed by atoms with Gasteiger partial charge in [0, 0.05) is 126 Å². The Labute approximate surface area is 858 Å². The fourth-order valence-electron chi connectivity index (χ4n) is 17.1. The number of ketones is 2. The van der Waals surface area contributed by atoms with E-state index in [0.717, 1.165) is 143 Å². The quantitative estimate of drug-likeness (QED) is 0.0117. The molecule has 146 heavy (non-hydrogen) atoms. The Balaban J connectivity index is 0.000000173. The Morgan fingerprint density at radius 2 is 0.952 bits per heavy atom. The zero-order valence-corrected chi connectivity index (χ0v) is 84.1. The van der Waals surface area contributed by atoms with Crippen molar-refractivity contribution >= 4 is 126 Å². The third-order valence-electron chi connectivity index (χ3n) is 24.9. The minimum absolute atomic E-state index is 0.00117. The van der Waals surface area contributed by atoms with Gasteiger partial charge in [-0.15, -0.1) is 0 Å². The molecule has 15 rings (SSSR count). The molecule has 0 saturated carbocycles. The molecule has 0 bridgehead atoms. The summed E-state index contributed by atoms with van der Waals surface area (Å²) in [5.74, 6) is -1.39. The number of imidazole rings is 1. The van der Waals surface area contributed by atoms with Crippen LogP contribution >= 0.6 is 35.0 Å². The van der Waals surface area contributed by atoms with Crippen LogP contribution in [0.25, 0.3) is 66.1 Å². The number of carboxylic acids is 4. The van der Waals surface area contributed by atoms with E-state index in [4.69, 9.17) is 67.5 Å². The van der Waals surface area contributed by atoms with Crippen molar-refractivity contribution in [1.29, 1.82) is 0 Å². The lowest BCUT2D eigenvalue weighted by atomic mass is 9.86. The number of pyridine rings is 1. The lowest BCUT2D eigenvalue weighted by Gasteiger charge is -2.20. The van der Waals surface area contributed by atoms with Gasteiger partial charge in [-0.1, -0.05) is 228 Å². The molecule has 6 N–H and O–H groups in total. The number of unbranched alkanes of at least 4 members (excludes halogenated alkanes) is 1. The predicted molar refractivity (Wildman–Crippen MR) is 564 cm³/mol. The molecule has 0 aliphatic carbocycles. The van der Waals surface area contributed by atoms with E-state index < -0.39 is 59.9 Å². The predicted octanol–water partition coefficient (Wildman–Crippen LogP) is 28.4. The zero-order chi connectivity index (χ0) is 104. The molecule has 0 fully saturated rings. The first kappa shape index (κ1) is 110. The van der Waals surface area contributed by atoms with Crippen LogP contribution in [0, 0.1) is 11.6 Å². The summed E-state index contributed by atoms with van der Waals surface area (Å²) in [6.07, 6.45) is 4.72.